The Balaban J connectivity index is 1.43. The average molecular weight is 449 g/mol. The Bertz CT molecular complexity index is 1190. The van der Waals surface area contributed by atoms with Gasteiger partial charge in [0.2, 0.25) is 0 Å². The van der Waals surface area contributed by atoms with Crippen molar-refractivity contribution in [3.05, 3.63) is 71.1 Å². The van der Waals surface area contributed by atoms with Crippen molar-refractivity contribution in [3.63, 3.8) is 0 Å². The van der Waals surface area contributed by atoms with Gasteiger partial charge in [-0.2, -0.15) is 9.37 Å². The van der Waals surface area contributed by atoms with E-state index < -0.39 is 11.3 Å². The molecule has 7 nitrogen and oxygen atoms in total. The molecule has 0 saturated heterocycles. The van der Waals surface area contributed by atoms with Gasteiger partial charge < -0.3 is 10.1 Å². The van der Waals surface area contributed by atoms with E-state index in [0.717, 1.165) is 23.3 Å². The number of carbonyl (C=O) groups is 3. The molecule has 0 saturated carbocycles. The number of fused-ring (bicyclic) bond motifs is 2. The highest BCUT2D eigenvalue weighted by molar-refractivity contribution is 8.04. The van der Waals surface area contributed by atoms with Crippen LogP contribution in [0.1, 0.15) is 23.6 Å². The number of nitrogens with zero attached hydrogens (tertiary/aromatic N) is 2. The van der Waals surface area contributed by atoms with Crippen LogP contribution in [0.3, 0.4) is 0 Å². The van der Waals surface area contributed by atoms with Crippen molar-refractivity contribution in [1.82, 2.24) is 5.32 Å². The second-order valence-corrected chi connectivity index (χ2v) is 8.83. The van der Waals surface area contributed by atoms with Crippen molar-refractivity contribution in [2.75, 3.05) is 18.6 Å². The predicted molar refractivity (Wildman–Crippen MR) is 122 cm³/mol. The summed E-state index contributed by atoms with van der Waals surface area (Å²) in [4.78, 5) is 40.7. The number of imide groups is 1. The van der Waals surface area contributed by atoms with Gasteiger partial charge >= 0.3 is 11.9 Å². The van der Waals surface area contributed by atoms with Crippen molar-refractivity contribution in [3.8, 4) is 5.75 Å². The van der Waals surface area contributed by atoms with E-state index in [9.17, 15) is 14.4 Å². The number of amides is 4. The number of urea groups is 1. The Labute approximate surface area is 189 Å². The van der Waals surface area contributed by atoms with Gasteiger partial charge in [0.1, 0.15) is 5.71 Å². The van der Waals surface area contributed by atoms with E-state index in [1.807, 2.05) is 18.2 Å². The zero-order chi connectivity index (χ0) is 22.2. The van der Waals surface area contributed by atoms with Gasteiger partial charge in [-0.1, -0.05) is 36.4 Å². The van der Waals surface area contributed by atoms with Gasteiger partial charge in [-0.15, -0.1) is 16.7 Å². The third-order valence-electron chi connectivity index (χ3n) is 6.00. The van der Waals surface area contributed by atoms with Crippen LogP contribution < -0.4 is 15.0 Å². The topological polar surface area (TPSA) is 78.7 Å². The minimum absolute atomic E-state index is 0.0696. The van der Waals surface area contributed by atoms with Crippen LogP contribution >= 0.6 is 11.8 Å². The molecule has 1 aliphatic carbocycles. The molecule has 2 atom stereocenters. The van der Waals surface area contributed by atoms with E-state index in [2.05, 4.69) is 11.4 Å². The Kier molecular flexibility index (Phi) is 5.30. The number of methoxy groups -OCH3 is 1. The maximum Gasteiger partial charge on any atom is 0.506 e. The van der Waals surface area contributed by atoms with Crippen LogP contribution in [-0.4, -0.2) is 47.0 Å². The van der Waals surface area contributed by atoms with Crippen LogP contribution in [0.5, 0.6) is 5.75 Å². The minimum Gasteiger partial charge on any atom is -0.492 e. The summed E-state index contributed by atoms with van der Waals surface area (Å²) in [7, 11) is 1.49. The molecular weight excluding hydrogens is 426 g/mol. The number of thioether (sulfide) groups is 1. The first kappa shape index (κ1) is 20.5. The molecule has 5 rings (SSSR count). The van der Waals surface area contributed by atoms with E-state index in [4.69, 9.17) is 4.74 Å². The van der Waals surface area contributed by atoms with Crippen LogP contribution in [0.2, 0.25) is 0 Å². The molecular formula is C24H22N3O4S+. The van der Waals surface area contributed by atoms with Crippen LogP contribution in [0.15, 0.2) is 60.0 Å². The molecule has 3 aliphatic rings. The molecule has 0 bridgehead atoms. The zero-order valence-electron chi connectivity index (χ0n) is 17.5. The smallest absolute Gasteiger partial charge is 0.492 e. The van der Waals surface area contributed by atoms with Crippen LogP contribution in [-0.2, 0) is 16.0 Å². The number of hydrogen-bond donors (Lipinski definition) is 1. The fraction of sp³-hybridized carbons (Fsp3) is 0.250. The number of ether oxygens (including phenoxy) is 1. The first-order valence-electron chi connectivity index (χ1n) is 10.4. The second-order valence-electron chi connectivity index (χ2n) is 7.82. The number of para-hydroxylation sites is 2. The Morgan fingerprint density at radius 1 is 1.19 bits per heavy atom. The molecule has 2 aliphatic heterocycles. The number of aryl methyl sites for hydroxylation is 1. The number of carbonyl (C=O) groups excluding carboxylic acids is 3. The van der Waals surface area contributed by atoms with Gasteiger partial charge in [0, 0.05) is 0 Å². The number of benzene rings is 2. The van der Waals surface area contributed by atoms with E-state index in [0.29, 0.717) is 17.1 Å². The van der Waals surface area contributed by atoms with Gasteiger partial charge in [-0.25, -0.2) is 4.79 Å². The monoisotopic (exact) mass is 448 g/mol. The molecule has 2 heterocycles. The van der Waals surface area contributed by atoms with Gasteiger partial charge in [0.15, 0.2) is 23.2 Å². The van der Waals surface area contributed by atoms with Crippen molar-refractivity contribution in [1.29, 1.82) is 0 Å². The molecule has 4 amide bonds. The molecule has 0 spiro atoms. The third-order valence-corrected chi connectivity index (χ3v) is 7.01. The van der Waals surface area contributed by atoms with Crippen molar-refractivity contribution < 1.29 is 23.7 Å². The molecule has 0 radical (unpaired) electrons. The quantitative estimate of drug-likeness (QED) is 0.712. The predicted octanol–water partition coefficient (Wildman–Crippen LogP) is 3.05. The van der Waals surface area contributed by atoms with E-state index in [1.165, 1.54) is 29.0 Å². The minimum atomic E-state index is -0.572. The highest BCUT2D eigenvalue weighted by Crippen LogP contribution is 2.35. The average Bonchev–Trinajstić information content (AvgIpc) is 3.45. The van der Waals surface area contributed by atoms with Crippen molar-refractivity contribution in [2.24, 2.45) is 0 Å². The first-order valence-corrected chi connectivity index (χ1v) is 11.4. The lowest BCUT2D eigenvalue weighted by atomic mass is 10.1. The fourth-order valence-electron chi connectivity index (χ4n) is 4.49. The van der Waals surface area contributed by atoms with Crippen LogP contribution in [0, 0.1) is 0 Å². The summed E-state index contributed by atoms with van der Waals surface area (Å²) in [5.41, 5.74) is 3.27. The Morgan fingerprint density at radius 2 is 1.97 bits per heavy atom. The van der Waals surface area contributed by atoms with Gasteiger partial charge in [-0.05, 0) is 47.6 Å². The van der Waals surface area contributed by atoms with Crippen LogP contribution in [0.25, 0.3) is 0 Å². The van der Waals surface area contributed by atoms with Gasteiger partial charge in [-0.3, -0.25) is 4.79 Å². The molecule has 2 unspecified atom stereocenters. The maximum atomic E-state index is 13.4. The maximum absolute atomic E-state index is 13.4. The lowest BCUT2D eigenvalue weighted by Gasteiger charge is -2.25. The second kappa shape index (κ2) is 8.27. The summed E-state index contributed by atoms with van der Waals surface area (Å²) in [6.45, 7) is -0.160. The normalized spacial score (nSPS) is 21.6. The number of anilines is 1. The summed E-state index contributed by atoms with van der Waals surface area (Å²) >= 11 is 1.33. The lowest BCUT2D eigenvalue weighted by molar-refractivity contribution is -0.415. The summed E-state index contributed by atoms with van der Waals surface area (Å²) < 4.78 is 6.77. The largest absolute Gasteiger partial charge is 0.506 e. The van der Waals surface area contributed by atoms with Crippen molar-refractivity contribution in [2.45, 2.75) is 24.1 Å². The van der Waals surface area contributed by atoms with E-state index >= 15 is 0 Å². The molecule has 32 heavy (non-hydrogen) atoms. The van der Waals surface area contributed by atoms with Crippen molar-refractivity contribution >= 4 is 41.0 Å². The molecule has 0 fully saturated rings. The number of rotatable bonds is 5. The third kappa shape index (κ3) is 3.40. The molecule has 0 aromatic heterocycles. The fourth-order valence-corrected chi connectivity index (χ4v) is 5.43. The lowest BCUT2D eigenvalue weighted by Crippen LogP contribution is -2.57. The molecule has 8 heteroatoms. The Hall–Kier alpha value is -3.39. The number of hydrogen-bond acceptors (Lipinski definition) is 5. The van der Waals surface area contributed by atoms with E-state index in [-0.39, 0.29) is 24.4 Å². The highest BCUT2D eigenvalue weighted by Gasteiger charge is 2.51. The molecule has 1 N–H and O–H groups in total. The standard InChI is InChI=1S/C24H21N3O4S/c1-31-20-9-5-4-8-18(20)27-23(29)22-19(12-13-32-22)26(24(27)30)14-21(28)25-17-11-10-15-6-2-3-7-16(15)17/h2-9,12-13,17,22H,10-11,14H2,1H3/p+1. The highest BCUT2D eigenvalue weighted by atomic mass is 32.2. The summed E-state index contributed by atoms with van der Waals surface area (Å²) in [5.74, 6) is -0.183. The molecule has 2 aromatic carbocycles. The zero-order valence-corrected chi connectivity index (χ0v) is 18.3. The van der Waals surface area contributed by atoms with Crippen LogP contribution in [0.4, 0.5) is 10.5 Å². The van der Waals surface area contributed by atoms with E-state index in [1.54, 1.807) is 35.7 Å². The summed E-state index contributed by atoms with van der Waals surface area (Å²) in [6, 6.07) is 14.3. The molecule has 162 valence electrons. The van der Waals surface area contributed by atoms with Gasteiger partial charge in [0.05, 0.1) is 13.2 Å². The number of nitrogens with one attached hydrogen (secondary N) is 1. The molecule has 2 aromatic rings. The first-order chi connectivity index (χ1) is 15.6. The van der Waals surface area contributed by atoms with Gasteiger partial charge in [0.25, 0.3) is 5.91 Å². The summed E-state index contributed by atoms with van der Waals surface area (Å²) in [6.07, 6.45) is 3.49. The number of allylic oxidation sites excluding steroid dienone is 1. The summed E-state index contributed by atoms with van der Waals surface area (Å²) in [5, 5.41) is 4.28. The Morgan fingerprint density at radius 3 is 2.81 bits per heavy atom. The SMILES string of the molecule is COc1ccccc1N1C(=O)C2SC=CC2=[N+](CC(=O)NC2CCc3ccccc32)C1=O.